The van der Waals surface area contributed by atoms with E-state index in [1.54, 1.807) is 0 Å². The molecular formula is C10H11ClFN3O. The van der Waals surface area contributed by atoms with Gasteiger partial charge in [0.2, 0.25) is 5.91 Å². The van der Waals surface area contributed by atoms with Gasteiger partial charge in [-0.3, -0.25) is 9.69 Å². The molecule has 2 rings (SSSR count). The van der Waals surface area contributed by atoms with E-state index < -0.39 is 5.82 Å². The topological polar surface area (TPSA) is 59.2 Å². The Morgan fingerprint density at radius 2 is 2.44 bits per heavy atom. The van der Waals surface area contributed by atoms with Gasteiger partial charge in [-0.05, 0) is 18.5 Å². The first-order valence-electron chi connectivity index (χ1n) is 4.93. The normalized spacial score (nSPS) is 20.6. The molecule has 16 heavy (non-hydrogen) atoms. The molecule has 1 aliphatic rings. The van der Waals surface area contributed by atoms with Crippen LogP contribution in [0.5, 0.6) is 0 Å². The van der Waals surface area contributed by atoms with E-state index in [0.717, 1.165) is 6.07 Å². The highest BCUT2D eigenvalue weighted by molar-refractivity contribution is 6.30. The summed E-state index contributed by atoms with van der Waals surface area (Å²) in [7, 11) is 0. The molecule has 0 radical (unpaired) electrons. The predicted octanol–water partition coefficient (Wildman–Crippen LogP) is 1.19. The van der Waals surface area contributed by atoms with E-state index in [2.05, 4.69) is 4.98 Å². The van der Waals surface area contributed by atoms with Gasteiger partial charge in [-0.1, -0.05) is 11.6 Å². The van der Waals surface area contributed by atoms with Crippen molar-refractivity contribution in [2.24, 2.45) is 11.7 Å². The number of anilines is 1. The quantitative estimate of drug-likeness (QED) is 0.849. The van der Waals surface area contributed by atoms with E-state index in [0.29, 0.717) is 19.5 Å². The number of pyridine rings is 1. The maximum Gasteiger partial charge on any atom is 0.228 e. The minimum atomic E-state index is -0.585. The number of halogens is 2. The van der Waals surface area contributed by atoms with Crippen molar-refractivity contribution in [1.82, 2.24) is 4.98 Å². The van der Waals surface area contributed by atoms with Gasteiger partial charge in [-0.25, -0.2) is 9.37 Å². The van der Waals surface area contributed by atoms with Crippen molar-refractivity contribution in [1.29, 1.82) is 0 Å². The average Bonchev–Trinajstić information content (AvgIpc) is 2.60. The van der Waals surface area contributed by atoms with Crippen LogP contribution in [0.1, 0.15) is 6.42 Å². The van der Waals surface area contributed by atoms with Crippen molar-refractivity contribution in [2.75, 3.05) is 18.0 Å². The summed E-state index contributed by atoms with van der Waals surface area (Å²) in [5.41, 5.74) is 5.48. The lowest BCUT2D eigenvalue weighted by atomic mass is 10.1. The Kier molecular flexibility index (Phi) is 3.07. The number of hydrogen-bond acceptors (Lipinski definition) is 3. The van der Waals surface area contributed by atoms with Crippen LogP contribution in [-0.2, 0) is 4.79 Å². The molecule has 1 aromatic heterocycles. The second-order valence-electron chi connectivity index (χ2n) is 3.77. The van der Waals surface area contributed by atoms with Crippen LogP contribution in [0.4, 0.5) is 10.2 Å². The van der Waals surface area contributed by atoms with Gasteiger partial charge in [-0.2, -0.15) is 0 Å². The molecular weight excluding hydrogens is 233 g/mol. The summed E-state index contributed by atoms with van der Waals surface area (Å²) in [5.74, 6) is -0.627. The number of nitrogens with two attached hydrogens (primary N) is 1. The summed E-state index contributed by atoms with van der Waals surface area (Å²) in [6.45, 7) is 0.832. The largest absolute Gasteiger partial charge is 0.330 e. The van der Waals surface area contributed by atoms with Gasteiger partial charge in [0.15, 0.2) is 11.6 Å². The van der Waals surface area contributed by atoms with Crippen molar-refractivity contribution >= 4 is 23.3 Å². The van der Waals surface area contributed by atoms with E-state index in [4.69, 9.17) is 17.3 Å². The van der Waals surface area contributed by atoms with E-state index in [1.807, 2.05) is 0 Å². The summed E-state index contributed by atoms with van der Waals surface area (Å²) in [6.07, 6.45) is 1.67. The lowest BCUT2D eigenvalue weighted by Gasteiger charge is -2.15. The SMILES string of the molecule is NCC1CC(=O)N(c2ncc(Cl)cc2F)C1. The first-order chi connectivity index (χ1) is 7.61. The van der Waals surface area contributed by atoms with Crippen molar-refractivity contribution in [2.45, 2.75) is 6.42 Å². The smallest absolute Gasteiger partial charge is 0.228 e. The summed E-state index contributed by atoms with van der Waals surface area (Å²) in [4.78, 5) is 16.8. The monoisotopic (exact) mass is 243 g/mol. The fraction of sp³-hybridized carbons (Fsp3) is 0.400. The number of rotatable bonds is 2. The molecule has 0 saturated carbocycles. The Morgan fingerprint density at radius 1 is 1.69 bits per heavy atom. The predicted molar refractivity (Wildman–Crippen MR) is 58.7 cm³/mol. The Morgan fingerprint density at radius 3 is 3.00 bits per heavy atom. The van der Waals surface area contributed by atoms with Gasteiger partial charge in [-0.15, -0.1) is 0 Å². The Labute approximate surface area is 97.2 Å². The number of amides is 1. The van der Waals surface area contributed by atoms with Crippen molar-refractivity contribution in [3.63, 3.8) is 0 Å². The molecule has 1 aliphatic heterocycles. The lowest BCUT2D eigenvalue weighted by Crippen LogP contribution is -2.27. The van der Waals surface area contributed by atoms with Gasteiger partial charge < -0.3 is 5.73 Å². The molecule has 1 unspecified atom stereocenters. The number of hydrogen-bond donors (Lipinski definition) is 1. The van der Waals surface area contributed by atoms with Crippen molar-refractivity contribution in [3.05, 3.63) is 23.1 Å². The van der Waals surface area contributed by atoms with E-state index in [1.165, 1.54) is 11.1 Å². The molecule has 1 amide bonds. The second kappa shape index (κ2) is 4.35. The van der Waals surface area contributed by atoms with Crippen molar-refractivity contribution < 1.29 is 9.18 Å². The molecule has 1 aromatic rings. The van der Waals surface area contributed by atoms with E-state index >= 15 is 0 Å². The van der Waals surface area contributed by atoms with Crippen LogP contribution < -0.4 is 10.6 Å². The Hall–Kier alpha value is -1.20. The van der Waals surface area contributed by atoms with Gasteiger partial charge >= 0.3 is 0 Å². The van der Waals surface area contributed by atoms with Crippen LogP contribution in [0.25, 0.3) is 0 Å². The molecule has 6 heteroatoms. The first-order valence-corrected chi connectivity index (χ1v) is 5.31. The Balaban J connectivity index is 2.28. The van der Waals surface area contributed by atoms with Gasteiger partial charge in [0.05, 0.1) is 5.02 Å². The van der Waals surface area contributed by atoms with Gasteiger partial charge in [0.25, 0.3) is 0 Å². The maximum absolute atomic E-state index is 13.5. The number of carbonyl (C=O) groups excluding carboxylic acids is 1. The van der Waals surface area contributed by atoms with Crippen LogP contribution in [0.2, 0.25) is 5.02 Å². The third kappa shape index (κ3) is 2.01. The minimum absolute atomic E-state index is 0.0327. The zero-order chi connectivity index (χ0) is 11.7. The molecule has 2 heterocycles. The second-order valence-corrected chi connectivity index (χ2v) is 4.21. The zero-order valence-corrected chi connectivity index (χ0v) is 9.25. The highest BCUT2D eigenvalue weighted by atomic mass is 35.5. The highest BCUT2D eigenvalue weighted by Crippen LogP contribution is 2.26. The van der Waals surface area contributed by atoms with E-state index in [-0.39, 0.29) is 22.7 Å². The fourth-order valence-corrected chi connectivity index (χ4v) is 1.89. The molecule has 1 fully saturated rings. The molecule has 2 N–H and O–H groups in total. The first kappa shape index (κ1) is 11.3. The molecule has 1 saturated heterocycles. The Bertz CT molecular complexity index is 427. The van der Waals surface area contributed by atoms with Gasteiger partial charge in [0, 0.05) is 19.2 Å². The number of carbonyl (C=O) groups is 1. The highest BCUT2D eigenvalue weighted by Gasteiger charge is 2.31. The third-order valence-corrected chi connectivity index (χ3v) is 2.79. The molecule has 1 atom stereocenters. The summed E-state index contributed by atoms with van der Waals surface area (Å²) in [6, 6.07) is 1.15. The molecule has 0 aromatic carbocycles. The van der Waals surface area contributed by atoms with E-state index in [9.17, 15) is 9.18 Å². The average molecular weight is 244 g/mol. The summed E-state index contributed by atoms with van der Waals surface area (Å²) >= 11 is 5.59. The van der Waals surface area contributed by atoms with Gasteiger partial charge in [0.1, 0.15) is 0 Å². The summed E-state index contributed by atoms with van der Waals surface area (Å²) < 4.78 is 13.5. The lowest BCUT2D eigenvalue weighted by molar-refractivity contribution is -0.117. The standard InChI is InChI=1S/C10H11ClFN3O/c11-7-2-8(12)10(14-4-7)15-5-6(3-13)1-9(15)16/h2,4,6H,1,3,5,13H2. The maximum atomic E-state index is 13.5. The molecule has 0 bridgehead atoms. The minimum Gasteiger partial charge on any atom is -0.330 e. The van der Waals surface area contributed by atoms with Crippen LogP contribution in [0.3, 0.4) is 0 Å². The number of nitrogens with zero attached hydrogens (tertiary/aromatic N) is 2. The van der Waals surface area contributed by atoms with Crippen LogP contribution >= 0.6 is 11.6 Å². The van der Waals surface area contributed by atoms with Crippen molar-refractivity contribution in [3.8, 4) is 0 Å². The molecule has 86 valence electrons. The third-order valence-electron chi connectivity index (χ3n) is 2.58. The zero-order valence-electron chi connectivity index (χ0n) is 8.49. The number of aromatic nitrogens is 1. The van der Waals surface area contributed by atoms with Crippen LogP contribution in [0.15, 0.2) is 12.3 Å². The fourth-order valence-electron chi connectivity index (χ4n) is 1.75. The van der Waals surface area contributed by atoms with Crippen LogP contribution in [-0.4, -0.2) is 24.0 Å². The summed E-state index contributed by atoms with van der Waals surface area (Å²) in [5, 5.41) is 0.211. The molecule has 4 nitrogen and oxygen atoms in total. The molecule has 0 aliphatic carbocycles. The molecule has 0 spiro atoms. The van der Waals surface area contributed by atoms with Crippen LogP contribution in [0, 0.1) is 11.7 Å².